The number of carbonyl (C=O) groups excluding carboxylic acids is 1. The Morgan fingerprint density at radius 3 is 2.54 bits per heavy atom. The first-order valence-electron chi connectivity index (χ1n) is 12.7. The molecule has 0 aliphatic carbocycles. The molecule has 0 saturated heterocycles. The molecular formula is C30H30N4O3S2. The molecule has 3 aromatic heterocycles. The second kappa shape index (κ2) is 10.8. The zero-order valence-electron chi connectivity index (χ0n) is 22.8. The van der Waals surface area contributed by atoms with Gasteiger partial charge in [-0.15, -0.1) is 11.8 Å². The molecule has 5 rings (SSSR count). The molecule has 200 valence electrons. The van der Waals surface area contributed by atoms with Crippen molar-refractivity contribution in [3.05, 3.63) is 108 Å². The fraction of sp³-hybridized carbons (Fsp3) is 0.267. The van der Waals surface area contributed by atoms with Crippen molar-refractivity contribution in [3.8, 4) is 5.69 Å². The van der Waals surface area contributed by atoms with Crippen molar-refractivity contribution in [1.82, 2.24) is 14.1 Å². The molecule has 7 nitrogen and oxygen atoms in total. The monoisotopic (exact) mass is 558 g/mol. The Bertz CT molecular complexity index is 1760. The fourth-order valence-corrected chi connectivity index (χ4v) is 6.37. The molecule has 9 heteroatoms. The average Bonchev–Trinajstić information content (AvgIpc) is 3.37. The van der Waals surface area contributed by atoms with Gasteiger partial charge in [-0.1, -0.05) is 23.5 Å². The first kappa shape index (κ1) is 26.9. The van der Waals surface area contributed by atoms with Crippen LogP contribution in [0.5, 0.6) is 0 Å². The summed E-state index contributed by atoms with van der Waals surface area (Å²) >= 11 is 2.97. The maximum absolute atomic E-state index is 14.0. The number of hydrogen-bond acceptors (Lipinski definition) is 7. The van der Waals surface area contributed by atoms with Gasteiger partial charge in [-0.2, -0.15) is 0 Å². The van der Waals surface area contributed by atoms with E-state index in [1.165, 1.54) is 11.3 Å². The van der Waals surface area contributed by atoms with Crippen LogP contribution in [0.15, 0.2) is 80.8 Å². The van der Waals surface area contributed by atoms with E-state index in [1.807, 2.05) is 82.6 Å². The van der Waals surface area contributed by atoms with Crippen molar-refractivity contribution >= 4 is 35.1 Å². The molecule has 1 aliphatic rings. The van der Waals surface area contributed by atoms with E-state index in [1.54, 1.807) is 29.4 Å². The molecule has 39 heavy (non-hydrogen) atoms. The summed E-state index contributed by atoms with van der Waals surface area (Å²) in [7, 11) is 0. The van der Waals surface area contributed by atoms with E-state index in [4.69, 9.17) is 9.73 Å². The number of nitrogens with zero attached hydrogens (tertiary/aromatic N) is 4. The minimum atomic E-state index is -0.631. The maximum Gasteiger partial charge on any atom is 0.338 e. The van der Waals surface area contributed by atoms with Crippen molar-refractivity contribution in [2.24, 2.45) is 4.99 Å². The van der Waals surface area contributed by atoms with Crippen LogP contribution in [0, 0.1) is 13.8 Å². The third-order valence-corrected chi connectivity index (χ3v) is 8.40. The van der Waals surface area contributed by atoms with Gasteiger partial charge < -0.3 is 9.30 Å². The van der Waals surface area contributed by atoms with E-state index < -0.39 is 12.0 Å². The lowest BCUT2D eigenvalue weighted by atomic mass is 9.96. The van der Waals surface area contributed by atoms with Crippen molar-refractivity contribution in [1.29, 1.82) is 0 Å². The lowest BCUT2D eigenvalue weighted by Crippen LogP contribution is -2.40. The van der Waals surface area contributed by atoms with Crippen LogP contribution < -0.4 is 14.9 Å². The van der Waals surface area contributed by atoms with Crippen molar-refractivity contribution < 1.29 is 9.53 Å². The second-order valence-electron chi connectivity index (χ2n) is 9.68. The van der Waals surface area contributed by atoms with Gasteiger partial charge in [0.2, 0.25) is 0 Å². The van der Waals surface area contributed by atoms with Gasteiger partial charge in [-0.05, 0) is 88.4 Å². The smallest absolute Gasteiger partial charge is 0.338 e. The normalized spacial score (nSPS) is 15.5. The predicted molar refractivity (Wildman–Crippen MR) is 156 cm³/mol. The Morgan fingerprint density at radius 2 is 1.90 bits per heavy atom. The topological polar surface area (TPSA) is 78.5 Å². The number of esters is 1. The summed E-state index contributed by atoms with van der Waals surface area (Å²) in [6, 6.07) is 13.3. The minimum Gasteiger partial charge on any atom is -0.459 e. The second-order valence-corrected chi connectivity index (χ2v) is 11.6. The first-order chi connectivity index (χ1) is 18.7. The van der Waals surface area contributed by atoms with Crippen LogP contribution in [-0.4, -0.2) is 32.4 Å². The molecule has 4 heterocycles. The number of ether oxygens (including phenoxy) is 1. The summed E-state index contributed by atoms with van der Waals surface area (Å²) in [4.78, 5) is 37.9. The number of hydrogen-bond donors (Lipinski definition) is 0. The van der Waals surface area contributed by atoms with Crippen LogP contribution in [0.25, 0.3) is 11.8 Å². The lowest BCUT2D eigenvalue weighted by molar-refractivity contribution is -0.143. The van der Waals surface area contributed by atoms with Gasteiger partial charge in [0.25, 0.3) is 5.56 Å². The van der Waals surface area contributed by atoms with E-state index in [0.717, 1.165) is 33.1 Å². The summed E-state index contributed by atoms with van der Waals surface area (Å²) in [6.45, 7) is 9.50. The predicted octanol–water partition coefficient (Wildman–Crippen LogP) is 4.71. The number of allylic oxidation sites excluding steroid dienone is 1. The highest BCUT2D eigenvalue weighted by atomic mass is 32.2. The molecule has 4 aromatic rings. The molecule has 0 saturated carbocycles. The van der Waals surface area contributed by atoms with Crippen LogP contribution in [-0.2, 0) is 9.53 Å². The molecule has 0 amide bonds. The number of pyridine rings is 1. The van der Waals surface area contributed by atoms with Gasteiger partial charge in [-0.3, -0.25) is 14.3 Å². The summed E-state index contributed by atoms with van der Waals surface area (Å²) in [5.41, 5.74) is 5.54. The number of aryl methyl sites for hydroxylation is 1. The number of carbonyl (C=O) groups is 1. The Hall–Kier alpha value is -3.69. The summed E-state index contributed by atoms with van der Waals surface area (Å²) < 4.78 is 9.91. The van der Waals surface area contributed by atoms with Gasteiger partial charge in [0, 0.05) is 22.5 Å². The zero-order valence-corrected chi connectivity index (χ0v) is 24.4. The van der Waals surface area contributed by atoms with Crippen LogP contribution in [0.3, 0.4) is 0 Å². The van der Waals surface area contributed by atoms with Crippen molar-refractivity contribution in [2.75, 3.05) is 6.26 Å². The van der Waals surface area contributed by atoms with Crippen LogP contribution in [0.1, 0.15) is 49.3 Å². The van der Waals surface area contributed by atoms with Crippen LogP contribution in [0.2, 0.25) is 0 Å². The molecule has 1 atom stereocenters. The van der Waals surface area contributed by atoms with E-state index in [0.29, 0.717) is 20.6 Å². The number of fused-ring (bicyclic) bond motifs is 1. The summed E-state index contributed by atoms with van der Waals surface area (Å²) in [5, 5.41) is 0. The Kier molecular flexibility index (Phi) is 7.46. The molecule has 0 radical (unpaired) electrons. The largest absolute Gasteiger partial charge is 0.459 e. The molecule has 1 aliphatic heterocycles. The van der Waals surface area contributed by atoms with Crippen molar-refractivity contribution in [3.63, 3.8) is 0 Å². The third-order valence-electron chi connectivity index (χ3n) is 6.68. The molecule has 0 N–H and O–H groups in total. The molecule has 1 aromatic carbocycles. The number of rotatable bonds is 6. The summed E-state index contributed by atoms with van der Waals surface area (Å²) in [6.07, 6.45) is 7.20. The average molecular weight is 559 g/mol. The maximum atomic E-state index is 14.0. The van der Waals surface area contributed by atoms with Crippen LogP contribution in [0.4, 0.5) is 0 Å². The minimum absolute atomic E-state index is 0.189. The van der Waals surface area contributed by atoms with Crippen molar-refractivity contribution in [2.45, 2.75) is 51.7 Å². The number of thioether (sulfide) groups is 1. The van der Waals surface area contributed by atoms with Crippen LogP contribution >= 0.6 is 23.1 Å². The van der Waals surface area contributed by atoms with E-state index in [2.05, 4.69) is 15.6 Å². The van der Waals surface area contributed by atoms with E-state index >= 15 is 0 Å². The highest BCUT2D eigenvalue weighted by Gasteiger charge is 2.33. The molecule has 0 bridgehead atoms. The number of thiazole rings is 1. The summed E-state index contributed by atoms with van der Waals surface area (Å²) in [5.74, 6) is -0.459. The highest BCUT2D eigenvalue weighted by Crippen LogP contribution is 2.32. The fourth-order valence-electron chi connectivity index (χ4n) is 4.92. The SMILES string of the molecule is CSc1ccc([C@@H]2C(C(=O)OC(C)C)=C(C)N=c3s/c(=C/c4cc(C)n(-c5cccnc5)c4C)c(=O)n32)cc1. The molecular weight excluding hydrogens is 528 g/mol. The van der Waals surface area contributed by atoms with Gasteiger partial charge in [0.05, 0.1) is 39.8 Å². The molecule has 0 spiro atoms. The van der Waals surface area contributed by atoms with E-state index in [9.17, 15) is 9.59 Å². The first-order valence-corrected chi connectivity index (χ1v) is 14.7. The number of benzene rings is 1. The number of aromatic nitrogens is 3. The Morgan fingerprint density at radius 1 is 1.15 bits per heavy atom. The Labute approximate surface area is 235 Å². The van der Waals surface area contributed by atoms with Gasteiger partial charge in [0.1, 0.15) is 0 Å². The molecule has 0 fully saturated rings. The lowest BCUT2D eigenvalue weighted by Gasteiger charge is -2.25. The van der Waals surface area contributed by atoms with Gasteiger partial charge >= 0.3 is 5.97 Å². The highest BCUT2D eigenvalue weighted by molar-refractivity contribution is 7.98. The van der Waals surface area contributed by atoms with E-state index in [-0.39, 0.29) is 11.7 Å². The quantitative estimate of drug-likeness (QED) is 0.253. The Balaban J connectivity index is 1.69. The van der Waals surface area contributed by atoms with Gasteiger partial charge in [0.15, 0.2) is 4.80 Å². The van der Waals surface area contributed by atoms with Gasteiger partial charge in [-0.25, -0.2) is 9.79 Å². The zero-order chi connectivity index (χ0) is 27.8. The molecule has 0 unspecified atom stereocenters. The standard InChI is InChI=1S/C30H30N4O3S2/c1-17(2)37-29(36)26-19(4)32-30-34(27(26)21-9-11-24(38-6)12-10-21)28(35)25(39-30)15-22-14-18(3)33(20(22)5)23-8-7-13-31-16-23/h7-17,27H,1-6H3/b25-15+/t27-/m1/s1. The third kappa shape index (κ3) is 5.04.